The summed E-state index contributed by atoms with van der Waals surface area (Å²) in [6, 6.07) is 25.3. The van der Waals surface area contributed by atoms with Gasteiger partial charge in [0.15, 0.2) is 0 Å². The molecule has 1 amide bonds. The van der Waals surface area contributed by atoms with Crippen LogP contribution in [0.4, 0.5) is 5.69 Å². The second kappa shape index (κ2) is 8.03. The normalized spacial score (nSPS) is 29.1. The van der Waals surface area contributed by atoms with Crippen molar-refractivity contribution in [2.24, 2.45) is 23.7 Å². The molecule has 0 unspecified atom stereocenters. The number of rotatable bonds is 5. The van der Waals surface area contributed by atoms with Crippen LogP contribution in [0.3, 0.4) is 0 Å². The van der Waals surface area contributed by atoms with Crippen molar-refractivity contribution < 1.29 is 19.1 Å². The number of para-hydroxylation sites is 1. The zero-order valence-corrected chi connectivity index (χ0v) is 19.3. The summed E-state index contributed by atoms with van der Waals surface area (Å²) in [5.41, 5.74) is 2.78. The Balaban J connectivity index is 1.17. The zero-order chi connectivity index (χ0) is 22.5. The lowest BCUT2D eigenvalue weighted by Gasteiger charge is -2.27. The number of amides is 1. The van der Waals surface area contributed by atoms with Crippen molar-refractivity contribution in [2.45, 2.75) is 17.4 Å². The van der Waals surface area contributed by atoms with Gasteiger partial charge in [-0.1, -0.05) is 64.5 Å². The summed E-state index contributed by atoms with van der Waals surface area (Å²) in [7, 11) is 0. The maximum Gasteiger partial charge on any atom is 0.310 e. The Hall–Kier alpha value is -3.12. The van der Waals surface area contributed by atoms with Crippen molar-refractivity contribution >= 4 is 33.5 Å². The first kappa shape index (κ1) is 20.5. The van der Waals surface area contributed by atoms with Crippen molar-refractivity contribution in [1.29, 1.82) is 0 Å². The lowest BCUT2D eigenvalue weighted by molar-refractivity contribution is -0.145. The number of benzene rings is 3. The molecular formula is C27H22BrNO4. The number of ether oxygens (including phenoxy) is 2. The average Bonchev–Trinajstić information content (AvgIpc) is 3.46. The van der Waals surface area contributed by atoms with E-state index in [0.717, 1.165) is 23.3 Å². The van der Waals surface area contributed by atoms with E-state index in [1.54, 1.807) is 0 Å². The first-order valence-corrected chi connectivity index (χ1v) is 12.1. The van der Waals surface area contributed by atoms with Crippen LogP contribution in [0.25, 0.3) is 11.1 Å². The van der Waals surface area contributed by atoms with Crippen LogP contribution in [0.2, 0.25) is 0 Å². The van der Waals surface area contributed by atoms with E-state index in [4.69, 9.17) is 9.47 Å². The van der Waals surface area contributed by atoms with E-state index in [9.17, 15) is 9.59 Å². The van der Waals surface area contributed by atoms with Crippen LogP contribution in [-0.2, 0) is 14.3 Å². The summed E-state index contributed by atoms with van der Waals surface area (Å²) in [4.78, 5) is 25.5. The second-order valence-corrected chi connectivity index (χ2v) is 10.00. The second-order valence-electron chi connectivity index (χ2n) is 8.94. The fraction of sp³-hybridized carbons (Fsp3) is 0.259. The molecule has 6 heteroatoms. The molecule has 6 atom stereocenters. The Bertz CT molecular complexity index is 1210. The van der Waals surface area contributed by atoms with Gasteiger partial charge >= 0.3 is 5.97 Å². The van der Waals surface area contributed by atoms with Crippen molar-refractivity contribution in [3.8, 4) is 22.6 Å². The van der Waals surface area contributed by atoms with Crippen molar-refractivity contribution in [2.75, 3.05) is 5.32 Å². The highest BCUT2D eigenvalue weighted by Crippen LogP contribution is 2.60. The molecule has 1 saturated heterocycles. The number of carbonyl (C=O) groups excluding carboxylic acids is 2. The van der Waals surface area contributed by atoms with Crippen LogP contribution in [0.15, 0.2) is 78.9 Å². The molecule has 166 valence electrons. The van der Waals surface area contributed by atoms with Crippen LogP contribution < -0.4 is 10.1 Å². The van der Waals surface area contributed by atoms with Crippen molar-refractivity contribution in [1.82, 2.24) is 0 Å². The molecule has 0 radical (unpaired) electrons. The van der Waals surface area contributed by atoms with Crippen LogP contribution >= 0.6 is 15.9 Å². The van der Waals surface area contributed by atoms with Crippen LogP contribution in [-0.4, -0.2) is 22.8 Å². The fourth-order valence-electron chi connectivity index (χ4n) is 5.70. The highest BCUT2D eigenvalue weighted by Gasteiger charge is 2.67. The molecule has 1 heterocycles. The predicted molar refractivity (Wildman–Crippen MR) is 128 cm³/mol. The molecule has 1 N–H and O–H groups in total. The molecule has 1 aliphatic heterocycles. The van der Waals surface area contributed by atoms with E-state index < -0.39 is 0 Å². The van der Waals surface area contributed by atoms with Gasteiger partial charge in [-0.05, 0) is 48.2 Å². The first-order valence-electron chi connectivity index (χ1n) is 11.2. The van der Waals surface area contributed by atoms with Gasteiger partial charge in [0.2, 0.25) is 5.91 Å². The summed E-state index contributed by atoms with van der Waals surface area (Å²) in [6.45, 7) is 0. The maximum atomic E-state index is 13.1. The molecule has 2 bridgehead atoms. The number of hydrogen-bond acceptors (Lipinski definition) is 4. The average molecular weight is 504 g/mol. The Labute approximate surface area is 200 Å². The minimum Gasteiger partial charge on any atom is -0.461 e. The molecule has 0 aromatic heterocycles. The van der Waals surface area contributed by atoms with Crippen LogP contribution in [0.5, 0.6) is 11.5 Å². The standard InChI is InChI=1S/C27H22BrNO4/c28-24-19-14-20-23(27(31)33-25(20)24)22(19)26(30)29-16-10-12-17(13-11-16)32-21-9-5-4-8-18(21)15-6-2-1-3-7-15/h1-13,19-20,22-25H,14H2,(H,29,30)/t19-,20-,22-,23+,24+,25+/m1/s1. The summed E-state index contributed by atoms with van der Waals surface area (Å²) >= 11 is 3.66. The van der Waals surface area contributed by atoms with Gasteiger partial charge in [-0.25, -0.2) is 0 Å². The van der Waals surface area contributed by atoms with E-state index in [-0.39, 0.29) is 46.5 Å². The van der Waals surface area contributed by atoms with Gasteiger partial charge in [-0.2, -0.15) is 0 Å². The van der Waals surface area contributed by atoms with Gasteiger partial charge in [0.05, 0.1) is 16.7 Å². The number of alkyl halides is 1. The summed E-state index contributed by atoms with van der Waals surface area (Å²) in [6.07, 6.45) is 0.787. The fourth-order valence-corrected chi connectivity index (χ4v) is 6.75. The number of hydrogen-bond donors (Lipinski definition) is 1. The SMILES string of the molecule is O=C(Nc1ccc(Oc2ccccc2-c2ccccc2)cc1)[C@@H]1[C@H]2C[C@H]3[C@H](OC(=O)[C@@H]31)[C@H]2Br. The Kier molecular flexibility index (Phi) is 4.98. The zero-order valence-electron chi connectivity index (χ0n) is 17.7. The van der Waals surface area contributed by atoms with Gasteiger partial charge in [-0.3, -0.25) is 9.59 Å². The number of carbonyl (C=O) groups is 2. The molecule has 2 aliphatic carbocycles. The highest BCUT2D eigenvalue weighted by molar-refractivity contribution is 9.09. The van der Waals surface area contributed by atoms with E-state index in [1.165, 1.54) is 0 Å². The first-order chi connectivity index (χ1) is 16.1. The molecule has 5 nitrogen and oxygen atoms in total. The maximum absolute atomic E-state index is 13.1. The van der Waals surface area contributed by atoms with Crippen molar-refractivity contribution in [3.05, 3.63) is 78.9 Å². The Morgan fingerprint density at radius 1 is 0.939 bits per heavy atom. The van der Waals surface area contributed by atoms with Gasteiger partial charge in [0, 0.05) is 17.2 Å². The molecule has 6 rings (SSSR count). The number of nitrogens with one attached hydrogen (secondary N) is 1. The Morgan fingerprint density at radius 3 is 2.45 bits per heavy atom. The van der Waals surface area contributed by atoms with Crippen molar-refractivity contribution in [3.63, 3.8) is 0 Å². The molecule has 3 aromatic rings. The topological polar surface area (TPSA) is 64.6 Å². The molecule has 33 heavy (non-hydrogen) atoms. The third-order valence-corrected chi connectivity index (χ3v) is 8.35. The van der Waals surface area contributed by atoms with Gasteiger partial charge < -0.3 is 14.8 Å². The minimum atomic E-state index is -0.348. The largest absolute Gasteiger partial charge is 0.461 e. The molecule has 3 aliphatic rings. The van der Waals surface area contributed by atoms with E-state index in [2.05, 4.69) is 33.4 Å². The third-order valence-electron chi connectivity index (χ3n) is 7.15. The molecule has 3 aromatic carbocycles. The third kappa shape index (κ3) is 3.44. The monoisotopic (exact) mass is 503 g/mol. The number of esters is 1. The predicted octanol–water partition coefficient (Wildman–Crippen LogP) is 5.66. The number of anilines is 1. The van der Waals surface area contributed by atoms with Gasteiger partial charge in [0.1, 0.15) is 17.6 Å². The van der Waals surface area contributed by atoms with E-state index in [0.29, 0.717) is 11.4 Å². The summed E-state index contributed by atoms with van der Waals surface area (Å²) in [5, 5.41) is 3.00. The number of halogens is 1. The molecule has 2 saturated carbocycles. The summed E-state index contributed by atoms with van der Waals surface area (Å²) < 4.78 is 11.7. The minimum absolute atomic E-state index is 0.0569. The van der Waals surface area contributed by atoms with Gasteiger partial charge in [-0.15, -0.1) is 0 Å². The smallest absolute Gasteiger partial charge is 0.310 e. The van der Waals surface area contributed by atoms with E-state index >= 15 is 0 Å². The Morgan fingerprint density at radius 2 is 1.67 bits per heavy atom. The quantitative estimate of drug-likeness (QED) is 0.360. The highest BCUT2D eigenvalue weighted by atomic mass is 79.9. The van der Waals surface area contributed by atoms with E-state index in [1.807, 2.05) is 66.7 Å². The molecule has 3 fully saturated rings. The van der Waals surface area contributed by atoms with Crippen LogP contribution in [0, 0.1) is 23.7 Å². The van der Waals surface area contributed by atoms with Gasteiger partial charge in [0.25, 0.3) is 0 Å². The molecule has 0 spiro atoms. The lowest BCUT2D eigenvalue weighted by Crippen LogP contribution is -2.40. The molecular weight excluding hydrogens is 482 g/mol. The number of fused-ring (bicyclic) bond motifs is 1. The lowest BCUT2D eigenvalue weighted by atomic mass is 9.79. The summed E-state index contributed by atoms with van der Waals surface area (Å²) in [5.74, 6) is 0.730. The van der Waals surface area contributed by atoms with Crippen LogP contribution in [0.1, 0.15) is 6.42 Å².